The van der Waals surface area contributed by atoms with E-state index in [1.54, 1.807) is 84.0 Å². The molecule has 0 saturated heterocycles. The minimum atomic E-state index is -1.24. The van der Waals surface area contributed by atoms with E-state index in [1.807, 2.05) is 13.0 Å². The minimum absolute atomic E-state index is 0.138. The predicted molar refractivity (Wildman–Crippen MR) is 140 cm³/mol. The third-order valence-corrected chi connectivity index (χ3v) is 5.06. The number of aromatic nitrogens is 1. The molecule has 9 nitrogen and oxygen atoms in total. The molecule has 2 N–H and O–H groups in total. The number of pyridine rings is 1. The molecule has 3 aromatic rings. The maximum Gasteiger partial charge on any atom is 0.429 e. The van der Waals surface area contributed by atoms with Crippen molar-refractivity contribution in [2.24, 2.45) is 0 Å². The summed E-state index contributed by atoms with van der Waals surface area (Å²) in [6.45, 7) is 12.3. The van der Waals surface area contributed by atoms with Gasteiger partial charge in [-0.1, -0.05) is 29.8 Å². The zero-order chi connectivity index (χ0) is 27.5. The Kier molecular flexibility index (Phi) is 7.88. The highest BCUT2D eigenvalue weighted by Gasteiger charge is 2.30. The molecule has 1 atom stereocenters. The Morgan fingerprint density at radius 3 is 2.22 bits per heavy atom. The van der Waals surface area contributed by atoms with Gasteiger partial charge in [0.1, 0.15) is 17.2 Å². The molecular weight excluding hydrogens is 474 g/mol. The number of hydrogen-bond donors (Lipinski definition) is 2. The van der Waals surface area contributed by atoms with Crippen molar-refractivity contribution in [1.82, 2.24) is 10.4 Å². The first kappa shape index (κ1) is 27.6. The second-order valence-corrected chi connectivity index (χ2v) is 10.7. The Morgan fingerprint density at radius 2 is 1.62 bits per heavy atom. The fourth-order valence-electron chi connectivity index (χ4n) is 3.58. The van der Waals surface area contributed by atoms with Crippen LogP contribution in [0, 0.1) is 6.92 Å². The highest BCUT2D eigenvalue weighted by molar-refractivity contribution is 6.04. The molecule has 0 aliphatic rings. The number of carboxylic acids is 1. The van der Waals surface area contributed by atoms with Gasteiger partial charge in [-0.25, -0.2) is 25.0 Å². The van der Waals surface area contributed by atoms with Crippen LogP contribution in [-0.4, -0.2) is 39.3 Å². The molecular formula is C28H33N3O6. The Hall–Kier alpha value is -3.98. The minimum Gasteiger partial charge on any atom is -0.480 e. The van der Waals surface area contributed by atoms with E-state index < -0.39 is 35.3 Å². The van der Waals surface area contributed by atoms with Crippen LogP contribution in [0.3, 0.4) is 0 Å². The van der Waals surface area contributed by atoms with Crippen LogP contribution in [0.5, 0.6) is 0 Å². The molecule has 1 unspecified atom stereocenters. The van der Waals surface area contributed by atoms with E-state index in [2.05, 4.69) is 10.4 Å². The van der Waals surface area contributed by atoms with Gasteiger partial charge in [0.05, 0.1) is 5.69 Å². The SMILES string of the molecule is Cc1cccc(C(NN(C(=O)OC(C)(C)C)c2ccc3c(C(=O)OC(C)(C)C)nccc3c2)C(=O)O)c1. The number of amides is 1. The number of fused-ring (bicyclic) bond motifs is 1. The average Bonchev–Trinajstić information content (AvgIpc) is 2.76. The summed E-state index contributed by atoms with van der Waals surface area (Å²) in [7, 11) is 0. The van der Waals surface area contributed by atoms with Crippen LogP contribution in [0.4, 0.5) is 10.5 Å². The molecule has 0 saturated carbocycles. The maximum atomic E-state index is 13.2. The van der Waals surface area contributed by atoms with Crippen LogP contribution in [0.15, 0.2) is 54.7 Å². The summed E-state index contributed by atoms with van der Waals surface area (Å²) in [5.74, 6) is -1.74. The Morgan fingerprint density at radius 1 is 0.946 bits per heavy atom. The highest BCUT2D eigenvalue weighted by Crippen LogP contribution is 2.27. The first-order valence-electron chi connectivity index (χ1n) is 11.9. The second-order valence-electron chi connectivity index (χ2n) is 10.7. The average molecular weight is 508 g/mol. The summed E-state index contributed by atoms with van der Waals surface area (Å²) in [5.41, 5.74) is 3.10. The molecule has 0 fully saturated rings. The van der Waals surface area contributed by atoms with Gasteiger partial charge in [0.2, 0.25) is 0 Å². The number of aliphatic carboxylic acids is 1. The Labute approximate surface area is 216 Å². The quantitative estimate of drug-likeness (QED) is 0.328. The van der Waals surface area contributed by atoms with E-state index >= 15 is 0 Å². The van der Waals surface area contributed by atoms with Crippen molar-refractivity contribution in [3.63, 3.8) is 0 Å². The molecule has 0 spiro atoms. The summed E-state index contributed by atoms with van der Waals surface area (Å²) in [4.78, 5) is 42.4. The van der Waals surface area contributed by atoms with E-state index in [0.29, 0.717) is 22.0 Å². The van der Waals surface area contributed by atoms with Crippen molar-refractivity contribution in [3.8, 4) is 0 Å². The first-order valence-corrected chi connectivity index (χ1v) is 11.9. The van der Waals surface area contributed by atoms with E-state index in [-0.39, 0.29) is 5.69 Å². The molecule has 1 amide bonds. The number of carboxylic acid groups (broad SMARTS) is 1. The molecule has 1 aromatic heterocycles. The third-order valence-electron chi connectivity index (χ3n) is 5.06. The Balaban J connectivity index is 2.07. The smallest absolute Gasteiger partial charge is 0.429 e. The molecule has 3 rings (SSSR count). The van der Waals surface area contributed by atoms with Crippen molar-refractivity contribution in [1.29, 1.82) is 0 Å². The summed E-state index contributed by atoms with van der Waals surface area (Å²) in [6.07, 6.45) is 0.691. The molecule has 1 heterocycles. The largest absolute Gasteiger partial charge is 0.480 e. The molecule has 2 aromatic carbocycles. The summed E-state index contributed by atoms with van der Waals surface area (Å²) >= 11 is 0. The highest BCUT2D eigenvalue weighted by atomic mass is 16.6. The summed E-state index contributed by atoms with van der Waals surface area (Å²) in [5, 5.41) is 12.2. The van der Waals surface area contributed by atoms with E-state index in [1.165, 1.54) is 6.20 Å². The van der Waals surface area contributed by atoms with Crippen molar-refractivity contribution in [2.45, 2.75) is 65.7 Å². The number of carbonyl (C=O) groups is 3. The number of ether oxygens (including phenoxy) is 2. The van der Waals surface area contributed by atoms with Gasteiger partial charge >= 0.3 is 18.0 Å². The van der Waals surface area contributed by atoms with Crippen LogP contribution in [0.2, 0.25) is 0 Å². The lowest BCUT2D eigenvalue weighted by Gasteiger charge is -2.30. The molecule has 0 aliphatic carbocycles. The van der Waals surface area contributed by atoms with E-state index in [4.69, 9.17) is 9.47 Å². The molecule has 9 heteroatoms. The van der Waals surface area contributed by atoms with Crippen molar-refractivity contribution < 1.29 is 29.0 Å². The summed E-state index contributed by atoms with van der Waals surface area (Å²) in [6, 6.07) is 12.3. The van der Waals surface area contributed by atoms with Crippen LogP contribution in [0.25, 0.3) is 10.8 Å². The first-order chi connectivity index (χ1) is 17.1. The topological polar surface area (TPSA) is 118 Å². The molecule has 0 radical (unpaired) electrons. The third kappa shape index (κ3) is 7.27. The van der Waals surface area contributed by atoms with Crippen molar-refractivity contribution >= 4 is 34.5 Å². The monoisotopic (exact) mass is 507 g/mol. The number of rotatable bonds is 6. The lowest BCUT2D eigenvalue weighted by Crippen LogP contribution is -2.49. The molecule has 0 aliphatic heterocycles. The maximum absolute atomic E-state index is 13.2. The normalized spacial score (nSPS) is 12.6. The van der Waals surface area contributed by atoms with Crippen LogP contribution in [0.1, 0.15) is 69.2 Å². The fourth-order valence-corrected chi connectivity index (χ4v) is 3.58. The molecule has 37 heavy (non-hydrogen) atoms. The Bertz CT molecular complexity index is 1320. The number of anilines is 1. The zero-order valence-electron chi connectivity index (χ0n) is 22.2. The number of aryl methyl sites for hydroxylation is 1. The number of benzene rings is 2. The molecule has 0 bridgehead atoms. The van der Waals surface area contributed by atoms with Gasteiger partial charge in [-0.15, -0.1) is 0 Å². The molecule has 196 valence electrons. The van der Waals surface area contributed by atoms with Crippen LogP contribution in [-0.2, 0) is 14.3 Å². The van der Waals surface area contributed by atoms with E-state index in [0.717, 1.165) is 10.6 Å². The predicted octanol–water partition coefficient (Wildman–Crippen LogP) is 5.57. The number of hydrogen-bond acceptors (Lipinski definition) is 7. The van der Waals surface area contributed by atoms with Gasteiger partial charge in [0, 0.05) is 11.6 Å². The number of hydrazine groups is 1. The van der Waals surface area contributed by atoms with Crippen molar-refractivity contribution in [3.05, 3.63) is 71.5 Å². The van der Waals surface area contributed by atoms with Gasteiger partial charge < -0.3 is 14.6 Å². The standard InChI is InChI=1S/C28H33N3O6/c1-17-9-8-10-19(15-17)22(24(32)33)30-31(26(35)37-28(5,6)7)20-11-12-21-18(16-20)13-14-29-23(21)25(34)36-27(2,3)4/h8-16,22,30H,1-7H3,(H,32,33). The fraction of sp³-hybridized carbons (Fsp3) is 0.357. The van der Waals surface area contributed by atoms with Gasteiger partial charge in [-0.2, -0.15) is 0 Å². The lowest BCUT2D eigenvalue weighted by atomic mass is 10.1. The van der Waals surface area contributed by atoms with Gasteiger partial charge in [-0.3, -0.25) is 4.79 Å². The second kappa shape index (κ2) is 10.6. The number of nitrogens with one attached hydrogen (secondary N) is 1. The van der Waals surface area contributed by atoms with E-state index in [9.17, 15) is 19.5 Å². The lowest BCUT2D eigenvalue weighted by molar-refractivity contribution is -0.139. The summed E-state index contributed by atoms with van der Waals surface area (Å²) < 4.78 is 11.0. The van der Waals surface area contributed by atoms with Gasteiger partial charge in [0.15, 0.2) is 5.69 Å². The van der Waals surface area contributed by atoms with Gasteiger partial charge in [-0.05, 0) is 83.7 Å². The van der Waals surface area contributed by atoms with Crippen LogP contribution >= 0.6 is 0 Å². The number of esters is 1. The number of nitrogens with zero attached hydrogens (tertiary/aromatic N) is 2. The van der Waals surface area contributed by atoms with Crippen molar-refractivity contribution in [2.75, 3.05) is 5.01 Å². The number of carbonyl (C=O) groups excluding carboxylic acids is 2. The van der Waals surface area contributed by atoms with Gasteiger partial charge in [0.25, 0.3) is 0 Å². The van der Waals surface area contributed by atoms with Crippen LogP contribution < -0.4 is 10.4 Å². The zero-order valence-corrected chi connectivity index (χ0v) is 22.2.